The zero-order valence-electron chi connectivity index (χ0n) is 38.1. The summed E-state index contributed by atoms with van der Waals surface area (Å²) in [7, 11) is -3.14. The topological polar surface area (TPSA) is 259 Å². The second-order valence-electron chi connectivity index (χ2n) is 18.5. The van der Waals surface area contributed by atoms with Gasteiger partial charge in [-0.3, -0.25) is 0 Å². The number of carbonyl (C=O) groups is 3. The van der Waals surface area contributed by atoms with Gasteiger partial charge in [-0.15, -0.1) is 0 Å². The molecule has 1 unspecified atom stereocenters. The first-order valence-electron chi connectivity index (χ1n) is 21.2. The van der Waals surface area contributed by atoms with Gasteiger partial charge in [-0.1, -0.05) is 18.2 Å². The Morgan fingerprint density at radius 2 is 0.742 bits per heavy atom. The first-order valence-corrected chi connectivity index (χ1v) is 21.2. The van der Waals surface area contributed by atoms with Crippen molar-refractivity contribution in [2.24, 2.45) is 0 Å². The smallest absolute Gasteiger partial charge is 0.454 e. The molecule has 66 heavy (non-hydrogen) atoms. The second-order valence-corrected chi connectivity index (χ2v) is 18.5. The van der Waals surface area contributed by atoms with E-state index >= 15 is 0 Å². The first kappa shape index (κ1) is 48.2. The molecule has 3 aromatic rings. The average molecular weight is 921 g/mol. The Morgan fingerprint density at radius 3 is 0.985 bits per heavy atom. The number of nitrogens with one attached hydrogen (secondary N) is 3. The van der Waals surface area contributed by atoms with Crippen LogP contribution in [0, 0.1) is 0 Å². The maximum atomic E-state index is 11.7. The molecule has 0 saturated heterocycles. The average Bonchev–Trinajstić information content (AvgIpc) is 4.07. The molecule has 0 radical (unpaired) electrons. The number of alkyl carbamates (subject to hydrolysis) is 3. The monoisotopic (exact) mass is 921 g/mol. The van der Waals surface area contributed by atoms with Crippen LogP contribution in [0.15, 0.2) is 36.4 Å². The van der Waals surface area contributed by atoms with E-state index in [2.05, 4.69) is 16.0 Å². The molecule has 9 rings (SSSR count). The number of hydrogen-bond acceptors (Lipinski definition) is 18. The van der Waals surface area contributed by atoms with E-state index in [0.29, 0.717) is 67.6 Å². The van der Waals surface area contributed by atoms with Crippen molar-refractivity contribution in [3.63, 3.8) is 0 Å². The summed E-state index contributed by atoms with van der Waals surface area (Å²) in [6.07, 6.45) is -3.17. The van der Waals surface area contributed by atoms with Crippen molar-refractivity contribution in [1.82, 2.24) is 16.0 Å². The fourth-order valence-corrected chi connectivity index (χ4v) is 7.48. The fraction of sp³-hybridized carbons (Fsp3) is 0.500. The standard InChI is InChI=1S/3C14H18BNO6/c3*1-14(2,3)21-13(17)16-6-10-11-8(15(18)22-10)4-5-9-12(11)20-7-19-9/h3*4-5,10,18H,6-7H2,1-3H3,(H,16,17)/t2*10-;/m10./s1. The predicted octanol–water partition coefficient (Wildman–Crippen LogP) is 2.10. The molecule has 0 bridgehead atoms. The number of fused-ring (bicyclic) bond motifs is 9. The van der Waals surface area contributed by atoms with Crippen LogP contribution in [0.3, 0.4) is 0 Å². The lowest BCUT2D eigenvalue weighted by atomic mass is 9.79. The third kappa shape index (κ3) is 11.4. The minimum atomic E-state index is -1.05. The molecule has 3 atom stereocenters. The van der Waals surface area contributed by atoms with Gasteiger partial charge in [0.25, 0.3) is 0 Å². The molecule has 6 aliphatic rings. The van der Waals surface area contributed by atoms with Gasteiger partial charge < -0.3 is 87.6 Å². The zero-order valence-corrected chi connectivity index (χ0v) is 38.1. The maximum Gasteiger partial charge on any atom is 0.492 e. The van der Waals surface area contributed by atoms with Gasteiger partial charge in [0.1, 0.15) is 16.8 Å². The summed E-state index contributed by atoms with van der Waals surface area (Å²) in [4.78, 5) is 35.2. The van der Waals surface area contributed by atoms with Gasteiger partial charge in [-0.2, -0.15) is 0 Å². The molecule has 6 heterocycles. The minimum Gasteiger partial charge on any atom is -0.454 e. The molecule has 24 heteroatoms. The molecule has 3 aromatic carbocycles. The normalized spacial score (nSPS) is 19.1. The lowest BCUT2D eigenvalue weighted by molar-refractivity contribution is 0.0488. The highest BCUT2D eigenvalue weighted by atomic mass is 16.7. The van der Waals surface area contributed by atoms with Crippen molar-refractivity contribution >= 4 is 56.0 Å². The Labute approximate surface area is 382 Å². The summed E-state index contributed by atoms with van der Waals surface area (Å²) in [6.45, 7) is 17.0. The Kier molecular flexibility index (Phi) is 14.0. The Morgan fingerprint density at radius 1 is 0.485 bits per heavy atom. The van der Waals surface area contributed by atoms with Crippen LogP contribution in [0.2, 0.25) is 0 Å². The van der Waals surface area contributed by atoms with Crippen molar-refractivity contribution in [3.05, 3.63) is 53.1 Å². The minimum absolute atomic E-state index is 0.133. The van der Waals surface area contributed by atoms with Crippen molar-refractivity contribution < 1.29 is 86.1 Å². The van der Waals surface area contributed by atoms with E-state index in [1.54, 1.807) is 98.7 Å². The van der Waals surface area contributed by atoms with Crippen molar-refractivity contribution in [2.45, 2.75) is 97.4 Å². The van der Waals surface area contributed by atoms with E-state index in [-0.39, 0.29) is 40.0 Å². The molecule has 3 amide bonds. The van der Waals surface area contributed by atoms with E-state index in [4.69, 9.17) is 56.6 Å². The number of amides is 3. The van der Waals surface area contributed by atoms with E-state index in [1.807, 2.05) is 0 Å². The quantitative estimate of drug-likeness (QED) is 0.153. The summed E-state index contributed by atoms with van der Waals surface area (Å²) in [5, 5.41) is 37.8. The molecule has 0 saturated carbocycles. The summed E-state index contributed by atoms with van der Waals surface area (Å²) in [6, 6.07) is 10.4. The molecule has 0 aliphatic carbocycles. The number of rotatable bonds is 6. The Bertz CT molecular complexity index is 2050. The molecule has 354 valence electrons. The van der Waals surface area contributed by atoms with Gasteiger partial charge in [-0.25, -0.2) is 14.4 Å². The molecule has 0 fully saturated rings. The highest BCUT2D eigenvalue weighted by Gasteiger charge is 2.43. The Hall–Kier alpha value is -5.78. The third-order valence-corrected chi connectivity index (χ3v) is 9.97. The maximum absolute atomic E-state index is 11.7. The molecule has 0 spiro atoms. The van der Waals surface area contributed by atoms with Crippen LogP contribution >= 0.6 is 0 Å². The van der Waals surface area contributed by atoms with E-state index in [1.165, 1.54) is 0 Å². The van der Waals surface area contributed by atoms with Crippen LogP contribution in [0.25, 0.3) is 0 Å². The summed E-state index contributed by atoms with van der Waals surface area (Å²) in [5.74, 6) is 3.51. The predicted molar refractivity (Wildman–Crippen MR) is 235 cm³/mol. The van der Waals surface area contributed by atoms with Gasteiger partial charge >= 0.3 is 39.6 Å². The fourth-order valence-electron chi connectivity index (χ4n) is 7.48. The van der Waals surface area contributed by atoms with Crippen molar-refractivity contribution in [1.29, 1.82) is 0 Å². The van der Waals surface area contributed by atoms with Crippen molar-refractivity contribution in [3.8, 4) is 34.5 Å². The molecular formula is C42H54B3N3O18. The lowest BCUT2D eigenvalue weighted by Crippen LogP contribution is -2.35. The molecule has 0 aromatic heterocycles. The lowest BCUT2D eigenvalue weighted by Gasteiger charge is -2.21. The largest absolute Gasteiger partial charge is 0.492 e. The second kappa shape index (κ2) is 19.2. The first-order chi connectivity index (χ1) is 31.0. The zero-order chi connectivity index (χ0) is 47.7. The van der Waals surface area contributed by atoms with Crippen LogP contribution in [-0.2, 0) is 28.2 Å². The van der Waals surface area contributed by atoms with E-state index < -0.39 is 74.7 Å². The van der Waals surface area contributed by atoms with Crippen LogP contribution < -0.4 is 60.8 Å². The molecule has 6 aliphatic heterocycles. The summed E-state index contributed by atoms with van der Waals surface area (Å²) >= 11 is 0. The highest BCUT2D eigenvalue weighted by molar-refractivity contribution is 6.62. The van der Waals surface area contributed by atoms with Gasteiger partial charge in [0.15, 0.2) is 34.5 Å². The van der Waals surface area contributed by atoms with Gasteiger partial charge in [0.05, 0.1) is 18.3 Å². The number of ether oxygens (including phenoxy) is 9. The number of benzene rings is 3. The molecule has 6 N–H and O–H groups in total. The van der Waals surface area contributed by atoms with Crippen LogP contribution in [0.1, 0.15) is 97.3 Å². The van der Waals surface area contributed by atoms with Crippen LogP contribution in [-0.4, -0.2) is 112 Å². The van der Waals surface area contributed by atoms with Gasteiger partial charge in [-0.05, 0) is 96.9 Å². The SMILES string of the molecule is CC(C)(C)OC(=O)NCC1OB(O)c2ccc3c(c21)OCO3.CC(C)(C)OC(=O)NC[C@@H]1OB(O)c2ccc3c(c21)OCO3.CC(C)(C)OC(=O)NC[C@H]1OB(O)c2ccc3c(c21)OCO3. The van der Waals surface area contributed by atoms with E-state index in [0.717, 1.165) is 0 Å². The van der Waals surface area contributed by atoms with Crippen LogP contribution in [0.5, 0.6) is 34.5 Å². The molecular weight excluding hydrogens is 867 g/mol. The van der Waals surface area contributed by atoms with E-state index in [9.17, 15) is 29.5 Å². The third-order valence-electron chi connectivity index (χ3n) is 9.97. The number of carbonyl (C=O) groups excluding carboxylic acids is 3. The summed E-state index contributed by atoms with van der Waals surface area (Å²) < 4.78 is 64.3. The van der Waals surface area contributed by atoms with Gasteiger partial charge in [0.2, 0.25) is 20.4 Å². The van der Waals surface area contributed by atoms with Crippen LogP contribution in [0.4, 0.5) is 14.4 Å². The summed E-state index contributed by atoms with van der Waals surface area (Å²) in [5.41, 5.74) is 2.28. The molecule has 21 nitrogen and oxygen atoms in total. The number of hydrogen-bond donors (Lipinski definition) is 6. The van der Waals surface area contributed by atoms with Gasteiger partial charge in [0, 0.05) is 36.3 Å². The highest BCUT2D eigenvalue weighted by Crippen LogP contribution is 2.43. The van der Waals surface area contributed by atoms with Crippen molar-refractivity contribution in [2.75, 3.05) is 40.0 Å². The Balaban J connectivity index is 0.000000147.